The number of amides is 1. The summed E-state index contributed by atoms with van der Waals surface area (Å²) < 4.78 is 0. The van der Waals surface area contributed by atoms with Gasteiger partial charge < -0.3 is 16.2 Å². The largest absolute Gasteiger partial charge is 0.508 e. The first-order valence-corrected chi connectivity index (χ1v) is 5.62. The second-order valence-corrected chi connectivity index (χ2v) is 4.97. The Morgan fingerprint density at radius 2 is 2.06 bits per heavy atom. The molecule has 0 saturated carbocycles. The minimum Gasteiger partial charge on any atom is -0.508 e. The third-order valence-electron chi connectivity index (χ3n) is 3.03. The zero-order valence-electron chi connectivity index (χ0n) is 10.7. The Kier molecular flexibility index (Phi) is 3.78. The molecule has 0 aliphatic rings. The molecule has 0 saturated heterocycles. The van der Waals surface area contributed by atoms with Crippen molar-refractivity contribution in [2.75, 3.05) is 0 Å². The Morgan fingerprint density at radius 1 is 1.47 bits per heavy atom. The van der Waals surface area contributed by atoms with E-state index >= 15 is 0 Å². The lowest BCUT2D eigenvalue weighted by Crippen LogP contribution is -2.54. The second kappa shape index (κ2) is 4.75. The third kappa shape index (κ3) is 3.20. The quantitative estimate of drug-likeness (QED) is 0.745. The van der Waals surface area contributed by atoms with Crippen LogP contribution < -0.4 is 11.1 Å². The number of aromatic hydroxyl groups is 1. The van der Waals surface area contributed by atoms with Gasteiger partial charge in [0, 0.05) is 17.1 Å². The van der Waals surface area contributed by atoms with Gasteiger partial charge >= 0.3 is 0 Å². The van der Waals surface area contributed by atoms with Crippen molar-refractivity contribution in [3.63, 3.8) is 0 Å². The summed E-state index contributed by atoms with van der Waals surface area (Å²) in [7, 11) is 0. The van der Waals surface area contributed by atoms with E-state index in [4.69, 9.17) is 5.73 Å². The zero-order valence-corrected chi connectivity index (χ0v) is 10.7. The summed E-state index contributed by atoms with van der Waals surface area (Å²) in [6.45, 7) is 7.36. The van der Waals surface area contributed by atoms with E-state index in [0.717, 1.165) is 0 Å². The highest BCUT2D eigenvalue weighted by Gasteiger charge is 2.25. The maximum Gasteiger partial charge on any atom is 0.251 e. The van der Waals surface area contributed by atoms with Crippen LogP contribution in [0, 0.1) is 6.92 Å². The van der Waals surface area contributed by atoms with Crippen molar-refractivity contribution in [3.05, 3.63) is 29.3 Å². The topological polar surface area (TPSA) is 75.4 Å². The van der Waals surface area contributed by atoms with Crippen molar-refractivity contribution in [2.45, 2.75) is 39.3 Å². The fraction of sp³-hybridized carbons (Fsp3) is 0.462. The molecule has 1 aromatic carbocycles. The predicted octanol–water partition coefficient (Wildman–Crippen LogP) is 1.56. The molecule has 1 rings (SSSR count). The monoisotopic (exact) mass is 236 g/mol. The van der Waals surface area contributed by atoms with Crippen molar-refractivity contribution in [1.82, 2.24) is 5.32 Å². The molecule has 0 heterocycles. The highest BCUT2D eigenvalue weighted by Crippen LogP contribution is 2.17. The van der Waals surface area contributed by atoms with Crippen LogP contribution in [0.3, 0.4) is 0 Å². The molecule has 1 aromatic rings. The van der Waals surface area contributed by atoms with Gasteiger partial charge in [0.2, 0.25) is 0 Å². The molecule has 17 heavy (non-hydrogen) atoms. The molecule has 4 nitrogen and oxygen atoms in total. The van der Waals surface area contributed by atoms with E-state index in [1.165, 1.54) is 6.07 Å². The van der Waals surface area contributed by atoms with E-state index in [0.29, 0.717) is 11.1 Å². The van der Waals surface area contributed by atoms with Gasteiger partial charge in [0.25, 0.3) is 5.91 Å². The number of carbonyl (C=O) groups is 1. The van der Waals surface area contributed by atoms with Gasteiger partial charge in [-0.2, -0.15) is 0 Å². The lowest BCUT2D eigenvalue weighted by molar-refractivity contribution is 0.0903. The Hall–Kier alpha value is -1.55. The fourth-order valence-corrected chi connectivity index (χ4v) is 1.28. The highest BCUT2D eigenvalue weighted by molar-refractivity contribution is 5.95. The molecule has 1 unspecified atom stereocenters. The van der Waals surface area contributed by atoms with Crippen LogP contribution in [0.15, 0.2) is 18.2 Å². The Morgan fingerprint density at radius 3 is 2.53 bits per heavy atom. The van der Waals surface area contributed by atoms with E-state index < -0.39 is 5.54 Å². The summed E-state index contributed by atoms with van der Waals surface area (Å²) in [5.74, 6) is 0.00315. The van der Waals surface area contributed by atoms with E-state index in [9.17, 15) is 9.90 Å². The predicted molar refractivity (Wildman–Crippen MR) is 68.0 cm³/mol. The van der Waals surface area contributed by atoms with Crippen molar-refractivity contribution < 1.29 is 9.90 Å². The first-order chi connectivity index (χ1) is 7.74. The number of nitrogens with one attached hydrogen (secondary N) is 1. The molecule has 1 amide bonds. The summed E-state index contributed by atoms with van der Waals surface area (Å²) in [6.07, 6.45) is 0. The first kappa shape index (κ1) is 13.5. The summed E-state index contributed by atoms with van der Waals surface area (Å²) in [5, 5.41) is 12.3. The number of phenolic OH excluding ortho intramolecular Hbond substituents is 1. The molecule has 4 N–H and O–H groups in total. The van der Waals surface area contributed by atoms with E-state index in [-0.39, 0.29) is 17.7 Å². The SMILES string of the molecule is Cc1cc(C(=O)NC(C)(C)C(C)N)ccc1O. The first-order valence-electron chi connectivity index (χ1n) is 5.62. The molecular weight excluding hydrogens is 216 g/mol. The van der Waals surface area contributed by atoms with Crippen LogP contribution in [0.25, 0.3) is 0 Å². The minimum atomic E-state index is -0.469. The number of benzene rings is 1. The van der Waals surface area contributed by atoms with Crippen LogP contribution in [0.2, 0.25) is 0 Å². The van der Waals surface area contributed by atoms with E-state index in [1.807, 2.05) is 20.8 Å². The molecular formula is C13H20N2O2. The zero-order chi connectivity index (χ0) is 13.2. The average molecular weight is 236 g/mol. The smallest absolute Gasteiger partial charge is 0.251 e. The van der Waals surface area contributed by atoms with Crippen LogP contribution in [0.5, 0.6) is 5.75 Å². The molecule has 0 aromatic heterocycles. The summed E-state index contributed by atoms with van der Waals surface area (Å²) >= 11 is 0. The molecule has 0 aliphatic heterocycles. The summed E-state index contributed by atoms with van der Waals surface area (Å²) in [6, 6.07) is 4.62. The summed E-state index contributed by atoms with van der Waals surface area (Å²) in [5.41, 5.74) is 6.53. The van der Waals surface area contributed by atoms with Crippen LogP contribution >= 0.6 is 0 Å². The number of rotatable bonds is 3. The molecule has 0 spiro atoms. The number of hydrogen-bond donors (Lipinski definition) is 3. The van der Waals surface area contributed by atoms with Gasteiger partial charge in [0.15, 0.2) is 0 Å². The average Bonchev–Trinajstić information content (AvgIpc) is 2.21. The van der Waals surface area contributed by atoms with Gasteiger partial charge in [-0.25, -0.2) is 0 Å². The van der Waals surface area contributed by atoms with Gasteiger partial charge in [0.05, 0.1) is 0 Å². The minimum absolute atomic E-state index is 0.148. The van der Waals surface area contributed by atoms with Gasteiger partial charge in [-0.05, 0) is 51.5 Å². The second-order valence-electron chi connectivity index (χ2n) is 4.97. The van der Waals surface area contributed by atoms with Crippen molar-refractivity contribution in [2.24, 2.45) is 5.73 Å². The molecule has 0 radical (unpaired) electrons. The van der Waals surface area contributed by atoms with Crippen LogP contribution in [0.1, 0.15) is 36.7 Å². The molecule has 94 valence electrons. The number of aryl methyl sites for hydroxylation is 1. The maximum absolute atomic E-state index is 12.0. The van der Waals surface area contributed by atoms with Crippen molar-refractivity contribution >= 4 is 5.91 Å². The fourth-order valence-electron chi connectivity index (χ4n) is 1.28. The van der Waals surface area contributed by atoms with Gasteiger partial charge in [-0.3, -0.25) is 4.79 Å². The maximum atomic E-state index is 12.0. The van der Waals surface area contributed by atoms with Crippen LogP contribution in [0.4, 0.5) is 0 Å². The molecule has 0 fully saturated rings. The Balaban J connectivity index is 2.87. The highest BCUT2D eigenvalue weighted by atomic mass is 16.3. The number of carbonyl (C=O) groups excluding carboxylic acids is 1. The molecule has 4 heteroatoms. The normalized spacial score (nSPS) is 13.2. The molecule has 0 aliphatic carbocycles. The third-order valence-corrected chi connectivity index (χ3v) is 3.03. The number of hydrogen-bond acceptors (Lipinski definition) is 3. The Bertz CT molecular complexity index is 425. The number of nitrogens with two attached hydrogens (primary N) is 1. The van der Waals surface area contributed by atoms with Crippen molar-refractivity contribution in [1.29, 1.82) is 0 Å². The van der Waals surface area contributed by atoms with Gasteiger partial charge in [0.1, 0.15) is 5.75 Å². The number of phenols is 1. The van der Waals surface area contributed by atoms with E-state index in [1.54, 1.807) is 19.1 Å². The van der Waals surface area contributed by atoms with Crippen LogP contribution in [-0.2, 0) is 0 Å². The molecule has 0 bridgehead atoms. The molecule has 1 atom stereocenters. The standard InChI is InChI=1S/C13H20N2O2/c1-8-7-10(5-6-11(8)16)12(17)15-13(3,4)9(2)14/h5-7,9,16H,14H2,1-4H3,(H,15,17). The van der Waals surface area contributed by atoms with Crippen molar-refractivity contribution in [3.8, 4) is 5.75 Å². The van der Waals surface area contributed by atoms with Crippen LogP contribution in [-0.4, -0.2) is 22.6 Å². The lowest BCUT2D eigenvalue weighted by atomic mass is 9.96. The van der Waals surface area contributed by atoms with E-state index in [2.05, 4.69) is 5.32 Å². The van der Waals surface area contributed by atoms with Gasteiger partial charge in [-0.1, -0.05) is 0 Å². The van der Waals surface area contributed by atoms with Gasteiger partial charge in [-0.15, -0.1) is 0 Å². The summed E-state index contributed by atoms with van der Waals surface area (Å²) in [4.78, 5) is 12.0. The lowest BCUT2D eigenvalue weighted by Gasteiger charge is -2.30. The Labute approximate surface area is 102 Å².